The maximum absolute atomic E-state index is 5.44. The van der Waals surface area contributed by atoms with Crippen molar-refractivity contribution >= 4 is 28.4 Å². The Morgan fingerprint density at radius 2 is 1.78 bits per heavy atom. The number of hydrogen-bond acceptors (Lipinski definition) is 6. The van der Waals surface area contributed by atoms with Crippen LogP contribution in [0.25, 0.3) is 22.3 Å². The van der Waals surface area contributed by atoms with E-state index < -0.39 is 0 Å². The van der Waals surface area contributed by atoms with Crippen molar-refractivity contribution in [2.45, 2.75) is 26.8 Å². The number of fused-ring (bicyclic) bond motifs is 1. The third-order valence-electron chi connectivity index (χ3n) is 5.85. The van der Waals surface area contributed by atoms with Gasteiger partial charge in [0.25, 0.3) is 0 Å². The van der Waals surface area contributed by atoms with Crippen LogP contribution < -0.4 is 10.2 Å². The number of benzene rings is 1. The van der Waals surface area contributed by atoms with Crippen LogP contribution in [0.2, 0.25) is 0 Å². The number of anilines is 3. The second-order valence-corrected chi connectivity index (χ2v) is 8.10. The summed E-state index contributed by atoms with van der Waals surface area (Å²) in [5.74, 6) is 0.575. The molecule has 7 heteroatoms. The van der Waals surface area contributed by atoms with E-state index in [0.717, 1.165) is 61.7 Å². The van der Waals surface area contributed by atoms with E-state index in [4.69, 9.17) is 9.72 Å². The Bertz CT molecular complexity index is 1210. The van der Waals surface area contributed by atoms with E-state index in [1.807, 2.05) is 12.3 Å². The van der Waals surface area contributed by atoms with Crippen LogP contribution in [0.3, 0.4) is 0 Å². The minimum absolute atomic E-state index is 0.575. The zero-order valence-electron chi connectivity index (χ0n) is 18.6. The van der Waals surface area contributed by atoms with Gasteiger partial charge in [0.2, 0.25) is 5.95 Å². The molecule has 4 heterocycles. The van der Waals surface area contributed by atoms with Crippen LogP contribution in [0.5, 0.6) is 0 Å². The molecule has 0 bridgehead atoms. The van der Waals surface area contributed by atoms with E-state index in [-0.39, 0.29) is 0 Å². The first-order valence-corrected chi connectivity index (χ1v) is 11.2. The standard InChI is InChI=1S/C25H28N6O/c1-3-12-31-17-21(23-24(31)18(2)8-10-26-23)22-9-11-27-25(29-22)28-19-4-6-20(7-5-19)30-13-15-32-16-14-30/h4-11,17H,3,12-16H2,1-2H3,(H,27,28,29). The summed E-state index contributed by atoms with van der Waals surface area (Å²) < 4.78 is 7.73. The van der Waals surface area contributed by atoms with Gasteiger partial charge in [0.1, 0.15) is 0 Å². The highest BCUT2D eigenvalue weighted by atomic mass is 16.5. The van der Waals surface area contributed by atoms with Crippen molar-refractivity contribution in [1.82, 2.24) is 19.5 Å². The number of pyridine rings is 1. The number of rotatable bonds is 6. The Balaban J connectivity index is 1.41. The first-order valence-electron chi connectivity index (χ1n) is 11.2. The fourth-order valence-electron chi connectivity index (χ4n) is 4.27. The van der Waals surface area contributed by atoms with Crippen LogP contribution in [0.15, 0.2) is 55.0 Å². The maximum Gasteiger partial charge on any atom is 0.227 e. The SMILES string of the molecule is CCCn1cc(-c2ccnc(Nc3ccc(N4CCOCC4)cc3)n2)c2nccc(C)c21. The topological polar surface area (TPSA) is 68.1 Å². The van der Waals surface area contributed by atoms with Crippen LogP contribution in [-0.4, -0.2) is 45.8 Å². The Morgan fingerprint density at radius 1 is 1.00 bits per heavy atom. The monoisotopic (exact) mass is 428 g/mol. The highest BCUT2D eigenvalue weighted by molar-refractivity contribution is 5.93. The molecule has 7 nitrogen and oxygen atoms in total. The maximum atomic E-state index is 5.44. The predicted molar refractivity (Wildman–Crippen MR) is 129 cm³/mol. The van der Waals surface area contributed by atoms with E-state index >= 15 is 0 Å². The number of ether oxygens (including phenoxy) is 1. The van der Waals surface area contributed by atoms with Gasteiger partial charge in [-0.05, 0) is 55.3 Å². The number of aryl methyl sites for hydroxylation is 2. The molecular formula is C25H28N6O. The van der Waals surface area contributed by atoms with Crippen molar-refractivity contribution in [1.29, 1.82) is 0 Å². The molecule has 0 atom stereocenters. The van der Waals surface area contributed by atoms with Gasteiger partial charge in [-0.15, -0.1) is 0 Å². The van der Waals surface area contributed by atoms with Gasteiger partial charge in [0, 0.05) is 55.2 Å². The molecule has 164 valence electrons. The largest absolute Gasteiger partial charge is 0.378 e. The molecule has 1 aliphatic heterocycles. The number of nitrogens with one attached hydrogen (secondary N) is 1. The average molecular weight is 429 g/mol. The van der Waals surface area contributed by atoms with Crippen LogP contribution >= 0.6 is 0 Å². The molecule has 0 aliphatic carbocycles. The Morgan fingerprint density at radius 3 is 2.56 bits per heavy atom. The molecule has 5 rings (SSSR count). The highest BCUT2D eigenvalue weighted by Gasteiger charge is 2.15. The molecule has 0 saturated carbocycles. The van der Waals surface area contributed by atoms with Crippen LogP contribution in [0, 0.1) is 6.92 Å². The summed E-state index contributed by atoms with van der Waals surface area (Å²) in [4.78, 5) is 16.3. The summed E-state index contributed by atoms with van der Waals surface area (Å²) in [5, 5.41) is 3.34. The van der Waals surface area contributed by atoms with Gasteiger partial charge in [0.05, 0.1) is 29.9 Å². The Hall–Kier alpha value is -3.45. The highest BCUT2D eigenvalue weighted by Crippen LogP contribution is 2.30. The molecule has 1 fully saturated rings. The predicted octanol–water partition coefficient (Wildman–Crippen LogP) is 4.79. The van der Waals surface area contributed by atoms with Crippen molar-refractivity contribution in [3.8, 4) is 11.3 Å². The van der Waals surface area contributed by atoms with E-state index in [9.17, 15) is 0 Å². The summed E-state index contributed by atoms with van der Waals surface area (Å²) in [5.41, 5.74) is 7.45. The van der Waals surface area contributed by atoms with E-state index in [0.29, 0.717) is 5.95 Å². The molecule has 0 spiro atoms. The third kappa shape index (κ3) is 4.03. The summed E-state index contributed by atoms with van der Waals surface area (Å²) >= 11 is 0. The van der Waals surface area contributed by atoms with Crippen LogP contribution in [-0.2, 0) is 11.3 Å². The summed E-state index contributed by atoms with van der Waals surface area (Å²) in [6.45, 7) is 8.69. The summed E-state index contributed by atoms with van der Waals surface area (Å²) in [6.07, 6.45) is 6.89. The molecule has 0 radical (unpaired) electrons. The third-order valence-corrected chi connectivity index (χ3v) is 5.85. The van der Waals surface area contributed by atoms with Crippen molar-refractivity contribution in [2.24, 2.45) is 0 Å². The normalized spacial score (nSPS) is 14.1. The summed E-state index contributed by atoms with van der Waals surface area (Å²) in [7, 11) is 0. The van der Waals surface area contributed by atoms with E-state index in [1.165, 1.54) is 16.8 Å². The molecule has 1 saturated heterocycles. The van der Waals surface area contributed by atoms with Crippen LogP contribution in [0.1, 0.15) is 18.9 Å². The van der Waals surface area contributed by atoms with Gasteiger partial charge >= 0.3 is 0 Å². The second-order valence-electron chi connectivity index (χ2n) is 8.10. The molecule has 0 unspecified atom stereocenters. The average Bonchev–Trinajstić information content (AvgIpc) is 3.20. The molecular weight excluding hydrogens is 400 g/mol. The van der Waals surface area contributed by atoms with Crippen LogP contribution in [0.4, 0.5) is 17.3 Å². The minimum Gasteiger partial charge on any atom is -0.378 e. The lowest BCUT2D eigenvalue weighted by Crippen LogP contribution is -2.36. The zero-order chi connectivity index (χ0) is 21.9. The number of morpholine rings is 1. The zero-order valence-corrected chi connectivity index (χ0v) is 18.6. The van der Waals surface area contributed by atoms with E-state index in [2.05, 4.69) is 75.1 Å². The van der Waals surface area contributed by atoms with Gasteiger partial charge in [-0.3, -0.25) is 4.98 Å². The quantitative estimate of drug-likeness (QED) is 0.476. The van der Waals surface area contributed by atoms with Gasteiger partial charge in [-0.2, -0.15) is 0 Å². The first-order chi connectivity index (χ1) is 15.7. The smallest absolute Gasteiger partial charge is 0.227 e. The minimum atomic E-state index is 0.575. The molecule has 1 aliphatic rings. The van der Waals surface area contributed by atoms with Crippen molar-refractivity contribution < 1.29 is 4.74 Å². The number of aromatic nitrogens is 4. The van der Waals surface area contributed by atoms with Crippen molar-refractivity contribution in [3.63, 3.8) is 0 Å². The van der Waals surface area contributed by atoms with Gasteiger partial charge < -0.3 is 19.5 Å². The lowest BCUT2D eigenvalue weighted by Gasteiger charge is -2.28. The van der Waals surface area contributed by atoms with Crippen molar-refractivity contribution in [2.75, 3.05) is 36.5 Å². The lowest BCUT2D eigenvalue weighted by molar-refractivity contribution is 0.122. The first kappa shape index (κ1) is 20.5. The fourth-order valence-corrected chi connectivity index (χ4v) is 4.27. The second kappa shape index (κ2) is 8.96. The lowest BCUT2D eigenvalue weighted by atomic mass is 10.1. The molecule has 0 amide bonds. The molecule has 32 heavy (non-hydrogen) atoms. The van der Waals surface area contributed by atoms with Gasteiger partial charge in [-0.1, -0.05) is 6.92 Å². The number of nitrogens with zero attached hydrogens (tertiary/aromatic N) is 5. The molecule has 1 aromatic carbocycles. The summed E-state index contributed by atoms with van der Waals surface area (Å²) in [6, 6.07) is 12.4. The number of hydrogen-bond donors (Lipinski definition) is 1. The van der Waals surface area contributed by atoms with Crippen molar-refractivity contribution in [3.05, 3.63) is 60.6 Å². The molecule has 1 N–H and O–H groups in total. The fraction of sp³-hybridized carbons (Fsp3) is 0.320. The Kier molecular flexibility index (Phi) is 5.73. The molecule has 3 aromatic heterocycles. The van der Waals surface area contributed by atoms with Gasteiger partial charge in [-0.25, -0.2) is 9.97 Å². The van der Waals surface area contributed by atoms with Gasteiger partial charge in [0.15, 0.2) is 0 Å². The van der Waals surface area contributed by atoms with E-state index in [1.54, 1.807) is 6.20 Å². The Labute approximate surface area is 188 Å². The molecule has 4 aromatic rings.